The molecule has 2 rings (SSSR count). The molecule has 1 saturated heterocycles. The maximum atomic E-state index is 9.20. The van der Waals surface area contributed by atoms with E-state index in [2.05, 4.69) is 18.3 Å². The van der Waals surface area contributed by atoms with Gasteiger partial charge in [0.05, 0.1) is 12.2 Å². The third-order valence-corrected chi connectivity index (χ3v) is 5.59. The molecule has 2 aliphatic rings. The molecule has 0 aromatic carbocycles. The highest BCUT2D eigenvalue weighted by Gasteiger charge is 2.40. The molecule has 4 unspecified atom stereocenters. The zero-order valence-electron chi connectivity index (χ0n) is 10.0. The van der Waals surface area contributed by atoms with Crippen LogP contribution in [0.3, 0.4) is 0 Å². The van der Waals surface area contributed by atoms with Gasteiger partial charge in [-0.3, -0.25) is 0 Å². The number of nitriles is 1. The van der Waals surface area contributed by atoms with Crippen molar-refractivity contribution >= 4 is 11.8 Å². The molecular formula is C12H20N2OS. The predicted molar refractivity (Wildman–Crippen MR) is 66.5 cm³/mol. The van der Waals surface area contributed by atoms with E-state index in [1.165, 1.54) is 6.42 Å². The first-order valence-corrected chi connectivity index (χ1v) is 7.00. The van der Waals surface area contributed by atoms with Gasteiger partial charge in [-0.15, -0.1) is 0 Å². The molecule has 4 heteroatoms. The maximum absolute atomic E-state index is 9.20. The molecule has 0 radical (unpaired) electrons. The Morgan fingerprint density at radius 3 is 2.81 bits per heavy atom. The second-order valence-electron chi connectivity index (χ2n) is 4.85. The van der Waals surface area contributed by atoms with Gasteiger partial charge in [-0.1, -0.05) is 0 Å². The van der Waals surface area contributed by atoms with Crippen molar-refractivity contribution in [2.75, 3.05) is 13.7 Å². The van der Waals surface area contributed by atoms with Crippen LogP contribution in [0.2, 0.25) is 0 Å². The van der Waals surface area contributed by atoms with E-state index >= 15 is 0 Å². The van der Waals surface area contributed by atoms with Crippen LogP contribution in [-0.4, -0.2) is 35.8 Å². The van der Waals surface area contributed by atoms with E-state index in [-0.39, 0.29) is 5.54 Å². The fraction of sp³-hybridized carbons (Fsp3) is 0.917. The van der Waals surface area contributed by atoms with Crippen molar-refractivity contribution in [3.8, 4) is 6.07 Å². The normalized spacial score (nSPS) is 43.4. The number of nitrogens with one attached hydrogen (secondary N) is 1. The van der Waals surface area contributed by atoms with E-state index in [9.17, 15) is 5.26 Å². The molecule has 1 N–H and O–H groups in total. The standard InChI is InChI=1S/C12H20N2OS/c1-9-11(4-6-15-9)16-10-3-5-12(7-10,8-13)14-2/h9-11,14H,3-7H2,1-2H3. The van der Waals surface area contributed by atoms with Crippen LogP contribution >= 0.6 is 11.8 Å². The Labute approximate surface area is 102 Å². The summed E-state index contributed by atoms with van der Waals surface area (Å²) >= 11 is 2.04. The lowest BCUT2D eigenvalue weighted by Crippen LogP contribution is -2.39. The minimum absolute atomic E-state index is 0.264. The molecule has 2 fully saturated rings. The fourth-order valence-corrected chi connectivity index (χ4v) is 4.30. The lowest BCUT2D eigenvalue weighted by molar-refractivity contribution is 0.127. The smallest absolute Gasteiger partial charge is 0.107 e. The molecule has 1 aliphatic carbocycles. The first-order chi connectivity index (χ1) is 7.69. The first kappa shape index (κ1) is 12.2. The van der Waals surface area contributed by atoms with Crippen LogP contribution in [0.5, 0.6) is 0 Å². The van der Waals surface area contributed by atoms with Gasteiger partial charge in [-0.25, -0.2) is 0 Å². The summed E-state index contributed by atoms with van der Waals surface area (Å²) in [4.78, 5) is 0. The minimum Gasteiger partial charge on any atom is -0.377 e. The van der Waals surface area contributed by atoms with Crippen molar-refractivity contribution in [2.24, 2.45) is 0 Å². The van der Waals surface area contributed by atoms with Gasteiger partial charge in [0.25, 0.3) is 0 Å². The minimum atomic E-state index is -0.264. The number of hydrogen-bond acceptors (Lipinski definition) is 4. The maximum Gasteiger partial charge on any atom is 0.107 e. The van der Waals surface area contributed by atoms with Gasteiger partial charge in [-0.2, -0.15) is 17.0 Å². The lowest BCUT2D eigenvalue weighted by Gasteiger charge is -2.21. The quantitative estimate of drug-likeness (QED) is 0.819. The Hall–Kier alpha value is -0.240. The van der Waals surface area contributed by atoms with Crippen molar-refractivity contribution < 1.29 is 4.74 Å². The molecule has 0 amide bonds. The van der Waals surface area contributed by atoms with Crippen molar-refractivity contribution in [3.63, 3.8) is 0 Å². The Morgan fingerprint density at radius 1 is 1.50 bits per heavy atom. The summed E-state index contributed by atoms with van der Waals surface area (Å²) in [6.45, 7) is 3.07. The molecule has 0 aromatic heterocycles. The number of ether oxygens (including phenoxy) is 1. The largest absolute Gasteiger partial charge is 0.377 e. The number of thioether (sulfide) groups is 1. The summed E-state index contributed by atoms with van der Waals surface area (Å²) in [6.07, 6.45) is 4.67. The number of nitrogens with zero attached hydrogens (tertiary/aromatic N) is 1. The molecular weight excluding hydrogens is 220 g/mol. The van der Waals surface area contributed by atoms with Gasteiger partial charge in [0.15, 0.2) is 0 Å². The van der Waals surface area contributed by atoms with E-state index in [0.29, 0.717) is 16.6 Å². The third kappa shape index (κ3) is 2.37. The highest BCUT2D eigenvalue weighted by atomic mass is 32.2. The Kier molecular flexibility index (Phi) is 3.78. The SMILES string of the molecule is CNC1(C#N)CCC(SC2CCOC2C)C1. The molecule has 3 nitrogen and oxygen atoms in total. The molecule has 0 bridgehead atoms. The summed E-state index contributed by atoms with van der Waals surface area (Å²) in [5.41, 5.74) is -0.264. The van der Waals surface area contributed by atoms with E-state index < -0.39 is 0 Å². The molecule has 0 spiro atoms. The number of rotatable bonds is 3. The van der Waals surface area contributed by atoms with Gasteiger partial charge < -0.3 is 10.1 Å². The molecule has 1 heterocycles. The third-order valence-electron chi connectivity index (χ3n) is 3.84. The predicted octanol–water partition coefficient (Wildman–Crippen LogP) is 1.93. The van der Waals surface area contributed by atoms with Crippen LogP contribution in [0.1, 0.15) is 32.6 Å². The van der Waals surface area contributed by atoms with E-state index in [1.807, 2.05) is 18.8 Å². The molecule has 1 saturated carbocycles. The fourth-order valence-electron chi connectivity index (χ4n) is 2.64. The van der Waals surface area contributed by atoms with Crippen LogP contribution in [0.4, 0.5) is 0 Å². The van der Waals surface area contributed by atoms with Gasteiger partial charge in [0.1, 0.15) is 5.54 Å². The second-order valence-corrected chi connectivity index (χ2v) is 6.39. The van der Waals surface area contributed by atoms with E-state index in [4.69, 9.17) is 4.74 Å². The highest BCUT2D eigenvalue weighted by molar-refractivity contribution is 8.00. The first-order valence-electron chi connectivity index (χ1n) is 6.06. The molecule has 4 atom stereocenters. The summed E-state index contributed by atoms with van der Waals surface area (Å²) in [5, 5.41) is 13.6. The van der Waals surface area contributed by atoms with Crippen molar-refractivity contribution in [2.45, 2.75) is 54.7 Å². The van der Waals surface area contributed by atoms with Crippen LogP contribution < -0.4 is 5.32 Å². The topological polar surface area (TPSA) is 45.0 Å². The van der Waals surface area contributed by atoms with Gasteiger partial charge in [-0.05, 0) is 39.7 Å². The van der Waals surface area contributed by atoms with Crippen molar-refractivity contribution in [3.05, 3.63) is 0 Å². The van der Waals surface area contributed by atoms with Gasteiger partial charge in [0.2, 0.25) is 0 Å². The Balaban J connectivity index is 1.87. The average molecular weight is 240 g/mol. The second kappa shape index (κ2) is 4.95. The zero-order chi connectivity index (χ0) is 11.6. The summed E-state index contributed by atoms with van der Waals surface area (Å²) < 4.78 is 5.58. The summed E-state index contributed by atoms with van der Waals surface area (Å²) in [6, 6.07) is 2.44. The summed E-state index contributed by atoms with van der Waals surface area (Å²) in [5.74, 6) is 0. The Morgan fingerprint density at radius 2 is 2.31 bits per heavy atom. The number of hydrogen-bond donors (Lipinski definition) is 1. The molecule has 90 valence electrons. The van der Waals surface area contributed by atoms with Crippen molar-refractivity contribution in [1.29, 1.82) is 5.26 Å². The highest BCUT2D eigenvalue weighted by Crippen LogP contribution is 2.41. The molecule has 1 aliphatic heterocycles. The van der Waals surface area contributed by atoms with Gasteiger partial charge >= 0.3 is 0 Å². The van der Waals surface area contributed by atoms with Crippen LogP contribution in [-0.2, 0) is 4.74 Å². The van der Waals surface area contributed by atoms with E-state index in [0.717, 1.165) is 25.9 Å². The monoisotopic (exact) mass is 240 g/mol. The molecule has 16 heavy (non-hydrogen) atoms. The van der Waals surface area contributed by atoms with Crippen molar-refractivity contribution in [1.82, 2.24) is 5.32 Å². The van der Waals surface area contributed by atoms with E-state index in [1.54, 1.807) is 0 Å². The van der Waals surface area contributed by atoms with Crippen LogP contribution in [0.25, 0.3) is 0 Å². The Bertz CT molecular complexity index is 291. The zero-order valence-corrected chi connectivity index (χ0v) is 10.8. The summed E-state index contributed by atoms with van der Waals surface area (Å²) in [7, 11) is 1.90. The van der Waals surface area contributed by atoms with Crippen LogP contribution in [0, 0.1) is 11.3 Å². The lowest BCUT2D eigenvalue weighted by atomic mass is 10.0. The van der Waals surface area contributed by atoms with Crippen LogP contribution in [0.15, 0.2) is 0 Å². The average Bonchev–Trinajstić information content (AvgIpc) is 2.88. The van der Waals surface area contributed by atoms with Gasteiger partial charge in [0, 0.05) is 17.1 Å². The molecule has 0 aromatic rings.